The van der Waals surface area contributed by atoms with E-state index in [1.165, 1.54) is 0 Å². The molecule has 110 valence electrons. The van der Waals surface area contributed by atoms with Gasteiger partial charge in [-0.1, -0.05) is 0 Å². The third kappa shape index (κ3) is 4.94. The van der Waals surface area contributed by atoms with Crippen LogP contribution in [0.25, 0.3) is 0 Å². The fourth-order valence-corrected chi connectivity index (χ4v) is 2.91. The number of rotatable bonds is 9. The maximum atomic E-state index is 12.1. The topological polar surface area (TPSA) is 72.4 Å². The first-order valence-electron chi connectivity index (χ1n) is 6.29. The van der Waals surface area contributed by atoms with E-state index in [-0.39, 0.29) is 0 Å². The molecule has 0 bridgehead atoms. The number of methoxy groups -OCH3 is 1. The molecule has 1 rings (SSSR count). The van der Waals surface area contributed by atoms with Crippen LogP contribution < -0.4 is 10.0 Å². The number of hydrogen-bond donors (Lipinski definition) is 2. The molecule has 0 aliphatic heterocycles. The van der Waals surface area contributed by atoms with Crippen LogP contribution in [0.4, 0.5) is 0 Å². The molecule has 0 saturated heterocycles. The molecule has 0 aliphatic rings. The van der Waals surface area contributed by atoms with Gasteiger partial charge in [0.2, 0.25) is 10.0 Å². The van der Waals surface area contributed by atoms with Gasteiger partial charge in [0.05, 0.1) is 4.90 Å². The second-order valence-electron chi connectivity index (χ2n) is 4.41. The predicted octanol–water partition coefficient (Wildman–Crippen LogP) is 0.449. The Morgan fingerprint density at radius 3 is 2.74 bits per heavy atom. The van der Waals surface area contributed by atoms with Crippen molar-refractivity contribution in [1.29, 1.82) is 0 Å². The minimum Gasteiger partial charge on any atom is -0.385 e. The van der Waals surface area contributed by atoms with Gasteiger partial charge in [-0.15, -0.1) is 0 Å². The van der Waals surface area contributed by atoms with Crippen molar-refractivity contribution in [3.63, 3.8) is 0 Å². The van der Waals surface area contributed by atoms with E-state index in [1.807, 2.05) is 18.7 Å². The number of aromatic nitrogens is 1. The number of unbranched alkanes of at least 4 members (excludes halogenated alkanes) is 1. The lowest BCUT2D eigenvalue weighted by molar-refractivity contribution is 0.193. The van der Waals surface area contributed by atoms with Gasteiger partial charge in [-0.05, 0) is 26.0 Å². The molecule has 1 heterocycles. The molecular formula is C12H23N3O3S. The van der Waals surface area contributed by atoms with Crippen LogP contribution >= 0.6 is 0 Å². The van der Waals surface area contributed by atoms with Crippen LogP contribution in [-0.4, -0.2) is 40.3 Å². The van der Waals surface area contributed by atoms with E-state index >= 15 is 0 Å². The van der Waals surface area contributed by atoms with Crippen molar-refractivity contribution in [2.24, 2.45) is 7.05 Å². The van der Waals surface area contributed by atoms with Crippen LogP contribution in [0.3, 0.4) is 0 Å². The van der Waals surface area contributed by atoms with Crippen molar-refractivity contribution in [2.75, 3.05) is 27.3 Å². The van der Waals surface area contributed by atoms with Gasteiger partial charge in [-0.2, -0.15) is 0 Å². The molecule has 0 unspecified atom stereocenters. The Balaban J connectivity index is 2.59. The largest absolute Gasteiger partial charge is 0.385 e. The highest BCUT2D eigenvalue weighted by atomic mass is 32.2. The van der Waals surface area contributed by atoms with Gasteiger partial charge < -0.3 is 14.6 Å². The first-order valence-corrected chi connectivity index (χ1v) is 7.78. The maximum Gasteiger partial charge on any atom is 0.242 e. The number of ether oxygens (including phenoxy) is 1. The number of aryl methyl sites for hydroxylation is 1. The summed E-state index contributed by atoms with van der Waals surface area (Å²) in [6.07, 6.45) is 3.24. The van der Waals surface area contributed by atoms with Gasteiger partial charge in [0.1, 0.15) is 0 Å². The zero-order valence-electron chi connectivity index (χ0n) is 11.8. The minimum absolute atomic E-state index is 0.312. The van der Waals surface area contributed by atoms with Gasteiger partial charge in [-0.3, -0.25) is 0 Å². The predicted molar refractivity (Wildman–Crippen MR) is 74.5 cm³/mol. The molecule has 1 aromatic heterocycles. The molecule has 0 atom stereocenters. The number of hydrogen-bond acceptors (Lipinski definition) is 4. The Kier molecular flexibility index (Phi) is 6.50. The summed E-state index contributed by atoms with van der Waals surface area (Å²) in [6, 6.07) is 1.69. The van der Waals surface area contributed by atoms with Gasteiger partial charge in [0, 0.05) is 45.7 Å². The van der Waals surface area contributed by atoms with Crippen LogP contribution in [0.15, 0.2) is 17.2 Å². The Labute approximate surface area is 115 Å². The van der Waals surface area contributed by atoms with Crippen LogP contribution in [0.1, 0.15) is 18.5 Å². The first-order chi connectivity index (χ1) is 9.01. The summed E-state index contributed by atoms with van der Waals surface area (Å²) >= 11 is 0. The minimum atomic E-state index is -3.41. The van der Waals surface area contributed by atoms with E-state index in [9.17, 15) is 8.42 Å². The normalized spacial score (nSPS) is 11.9. The van der Waals surface area contributed by atoms with Crippen molar-refractivity contribution in [1.82, 2.24) is 14.6 Å². The van der Waals surface area contributed by atoms with E-state index in [2.05, 4.69) is 10.0 Å². The SMILES string of the molecule is CNCc1cc(S(=O)(=O)NCCCCOC)cn1C. The summed E-state index contributed by atoms with van der Waals surface area (Å²) in [7, 11) is 1.90. The molecule has 6 nitrogen and oxygen atoms in total. The van der Waals surface area contributed by atoms with Crippen molar-refractivity contribution in [3.05, 3.63) is 18.0 Å². The van der Waals surface area contributed by atoms with Crippen LogP contribution in [0.2, 0.25) is 0 Å². The van der Waals surface area contributed by atoms with E-state index < -0.39 is 10.0 Å². The summed E-state index contributed by atoms with van der Waals surface area (Å²) in [5.41, 5.74) is 0.933. The molecule has 0 spiro atoms. The average Bonchev–Trinajstić information content (AvgIpc) is 2.72. The molecule has 0 aromatic carbocycles. The molecule has 0 aliphatic carbocycles. The standard InChI is InChI=1S/C12H23N3O3S/c1-13-9-11-8-12(10-15(11)2)19(16,17)14-6-4-5-7-18-3/h8,10,13-14H,4-7,9H2,1-3H3. The van der Waals surface area contributed by atoms with Crippen LogP contribution in [0.5, 0.6) is 0 Å². The quantitative estimate of drug-likeness (QED) is 0.647. The summed E-state index contributed by atoms with van der Waals surface area (Å²) in [5.74, 6) is 0. The molecule has 7 heteroatoms. The zero-order chi connectivity index (χ0) is 14.3. The highest BCUT2D eigenvalue weighted by Gasteiger charge is 2.16. The van der Waals surface area contributed by atoms with Gasteiger partial charge in [-0.25, -0.2) is 13.1 Å². The van der Waals surface area contributed by atoms with Crippen LogP contribution in [0, 0.1) is 0 Å². The summed E-state index contributed by atoms with van der Waals surface area (Å²) in [6.45, 7) is 1.72. The monoisotopic (exact) mass is 289 g/mol. The molecule has 0 saturated carbocycles. The molecule has 0 amide bonds. The van der Waals surface area contributed by atoms with Crippen molar-refractivity contribution >= 4 is 10.0 Å². The number of nitrogens with one attached hydrogen (secondary N) is 2. The Hall–Kier alpha value is -0.890. The first kappa shape index (κ1) is 16.2. The smallest absolute Gasteiger partial charge is 0.242 e. The molecule has 19 heavy (non-hydrogen) atoms. The molecule has 0 fully saturated rings. The fourth-order valence-electron chi connectivity index (χ4n) is 1.74. The second-order valence-corrected chi connectivity index (χ2v) is 6.17. The number of sulfonamides is 1. The molecule has 1 aromatic rings. The summed E-state index contributed by atoms with van der Waals surface area (Å²) in [5, 5.41) is 3.01. The third-order valence-corrected chi connectivity index (χ3v) is 4.25. The Morgan fingerprint density at radius 1 is 1.37 bits per heavy atom. The van der Waals surface area contributed by atoms with Gasteiger partial charge in [0.15, 0.2) is 0 Å². The Bertz CT molecular complexity index is 482. The fraction of sp³-hybridized carbons (Fsp3) is 0.667. The van der Waals surface area contributed by atoms with Crippen molar-refractivity contribution in [2.45, 2.75) is 24.3 Å². The van der Waals surface area contributed by atoms with E-state index in [0.717, 1.165) is 18.5 Å². The average molecular weight is 289 g/mol. The second kappa shape index (κ2) is 7.64. The molecule has 2 N–H and O–H groups in total. The van der Waals surface area contributed by atoms with Crippen molar-refractivity contribution in [3.8, 4) is 0 Å². The van der Waals surface area contributed by atoms with E-state index in [4.69, 9.17) is 4.74 Å². The lowest BCUT2D eigenvalue weighted by atomic mass is 10.3. The van der Waals surface area contributed by atoms with Crippen LogP contribution in [-0.2, 0) is 28.4 Å². The Morgan fingerprint density at radius 2 is 2.11 bits per heavy atom. The van der Waals surface area contributed by atoms with E-state index in [0.29, 0.717) is 24.6 Å². The van der Waals surface area contributed by atoms with Crippen molar-refractivity contribution < 1.29 is 13.2 Å². The summed E-state index contributed by atoms with van der Waals surface area (Å²) in [4.78, 5) is 0.312. The van der Waals surface area contributed by atoms with Gasteiger partial charge >= 0.3 is 0 Å². The third-order valence-electron chi connectivity index (χ3n) is 2.82. The lowest BCUT2D eigenvalue weighted by Gasteiger charge is -2.04. The highest BCUT2D eigenvalue weighted by Crippen LogP contribution is 2.13. The van der Waals surface area contributed by atoms with Gasteiger partial charge in [0.25, 0.3) is 0 Å². The maximum absolute atomic E-state index is 12.1. The number of nitrogens with zero attached hydrogens (tertiary/aromatic N) is 1. The molecule has 0 radical (unpaired) electrons. The zero-order valence-corrected chi connectivity index (χ0v) is 12.6. The highest BCUT2D eigenvalue weighted by molar-refractivity contribution is 7.89. The van der Waals surface area contributed by atoms with E-state index in [1.54, 1.807) is 19.4 Å². The molecular weight excluding hydrogens is 266 g/mol. The lowest BCUT2D eigenvalue weighted by Crippen LogP contribution is -2.24. The summed E-state index contributed by atoms with van der Waals surface area (Å²) < 4.78 is 33.4.